The quantitative estimate of drug-likeness (QED) is 0.0640. The molecule has 13 heteroatoms. The molecule has 1 atom stereocenters. The van der Waals surface area contributed by atoms with E-state index in [1.54, 1.807) is 25.4 Å². The van der Waals surface area contributed by atoms with Gasteiger partial charge in [0.25, 0.3) is 11.6 Å². The van der Waals surface area contributed by atoms with Gasteiger partial charge in [-0.2, -0.15) is 0 Å². The summed E-state index contributed by atoms with van der Waals surface area (Å²) in [5.41, 5.74) is 5.80. The van der Waals surface area contributed by atoms with Crippen molar-refractivity contribution in [3.63, 3.8) is 0 Å². The smallest absolute Gasteiger partial charge is 0.293 e. The maximum atomic E-state index is 13.7. The number of carbonyl (C=O) groups excluding carboxylic acids is 1. The highest BCUT2D eigenvalue weighted by atomic mass is 32.2. The molecule has 2 aromatic heterocycles. The lowest BCUT2D eigenvalue weighted by molar-refractivity contribution is -0.384. The number of ether oxygens (including phenoxy) is 1. The molecule has 1 saturated carbocycles. The van der Waals surface area contributed by atoms with E-state index in [0.717, 1.165) is 80.8 Å². The molecule has 5 aromatic rings. The summed E-state index contributed by atoms with van der Waals surface area (Å²) in [5.74, 6) is 1.07. The van der Waals surface area contributed by atoms with Gasteiger partial charge >= 0.3 is 0 Å². The second-order valence-electron chi connectivity index (χ2n) is 16.1. The Hall–Kier alpha value is -5.11. The minimum atomic E-state index is -0.443. The van der Waals surface area contributed by atoms with E-state index < -0.39 is 4.92 Å². The topological polar surface area (TPSA) is 132 Å². The second-order valence-corrected chi connectivity index (χ2v) is 16.9. The molecule has 2 aliphatic heterocycles. The van der Waals surface area contributed by atoms with Gasteiger partial charge in [0.2, 0.25) is 0 Å². The van der Waals surface area contributed by atoms with Gasteiger partial charge in [-0.25, -0.2) is 4.98 Å². The number of anilines is 2. The molecule has 2 saturated heterocycles. The van der Waals surface area contributed by atoms with Crippen LogP contribution in [0.25, 0.3) is 11.0 Å². The Labute approximate surface area is 338 Å². The molecule has 4 heterocycles. The van der Waals surface area contributed by atoms with Gasteiger partial charge < -0.3 is 24.8 Å². The van der Waals surface area contributed by atoms with Crippen LogP contribution in [0.4, 0.5) is 17.1 Å². The summed E-state index contributed by atoms with van der Waals surface area (Å²) < 4.78 is 9.30. The van der Waals surface area contributed by atoms with E-state index >= 15 is 0 Å². The minimum absolute atomic E-state index is 0.0649. The molecule has 1 aliphatic carbocycles. The predicted molar refractivity (Wildman–Crippen MR) is 228 cm³/mol. The van der Waals surface area contributed by atoms with Crippen LogP contribution in [0.3, 0.4) is 0 Å². The maximum Gasteiger partial charge on any atom is 0.293 e. The van der Waals surface area contributed by atoms with Crippen molar-refractivity contribution in [3.05, 3.63) is 112 Å². The molecular formula is C44H52N8O4S. The lowest BCUT2D eigenvalue weighted by Gasteiger charge is -2.58. The van der Waals surface area contributed by atoms with Crippen LogP contribution in [0.1, 0.15) is 79.9 Å². The fraction of sp³-hybridized carbons (Fsp3) is 0.409. The lowest BCUT2D eigenvalue weighted by atomic mass is 9.59. The molecule has 8 rings (SSSR count). The van der Waals surface area contributed by atoms with Crippen molar-refractivity contribution in [2.75, 3.05) is 56.5 Å². The number of nitrogens with one attached hydrogen (secondary N) is 3. The van der Waals surface area contributed by atoms with Crippen molar-refractivity contribution in [1.29, 1.82) is 0 Å². The highest BCUT2D eigenvalue weighted by Gasteiger charge is 2.50. The lowest BCUT2D eigenvalue weighted by Crippen LogP contribution is -2.60. The van der Waals surface area contributed by atoms with Crippen LogP contribution in [0.15, 0.2) is 90.1 Å². The molecule has 3 aliphatic rings. The Morgan fingerprint density at radius 1 is 1.05 bits per heavy atom. The zero-order valence-corrected chi connectivity index (χ0v) is 34.0. The number of carbonyl (C=O) groups is 1. The molecule has 1 spiro atoms. The Morgan fingerprint density at radius 3 is 2.61 bits per heavy atom. The number of likely N-dealkylation sites (N-methyl/N-ethyl adjacent to an activating group) is 1. The number of piperidine rings is 1. The average Bonchev–Trinajstić information content (AvgIpc) is 3.70. The minimum Gasteiger partial charge on any atom is -0.455 e. The van der Waals surface area contributed by atoms with Crippen molar-refractivity contribution < 1.29 is 14.5 Å². The molecule has 57 heavy (non-hydrogen) atoms. The molecule has 0 bridgehead atoms. The number of nitro benzene ring substituents is 1. The molecule has 1 amide bonds. The van der Waals surface area contributed by atoms with Gasteiger partial charge in [0.1, 0.15) is 22.8 Å². The van der Waals surface area contributed by atoms with Crippen LogP contribution in [0, 0.1) is 15.5 Å². The van der Waals surface area contributed by atoms with E-state index in [-0.39, 0.29) is 11.6 Å². The number of aromatic nitrogens is 2. The Kier molecular flexibility index (Phi) is 11.1. The number of pyridine rings is 1. The summed E-state index contributed by atoms with van der Waals surface area (Å²) in [4.78, 5) is 40.9. The number of hydrogen-bond acceptors (Lipinski definition) is 10. The standard InChI is InChI=1S/C44H52N8O4S/c1-5-49-20-21-51(40(28-49)36-9-7-6-8-35(36)29(2)3)32-25-44(26-32)15-18-50(19-16-44)31-10-12-37(41(23-31)56-33-22-30-14-17-46-42(30)47-27-33)43(53)48-57-34-11-13-38(45-4)39(24-34)52(54)55/h6-14,17,22-24,27,29,32,40,45H,5,15-16,18-21,25-26,28H2,1-4H3,(H,46,47)(H,48,53). The summed E-state index contributed by atoms with van der Waals surface area (Å²) in [6, 6.07) is 24.5. The molecule has 3 N–H and O–H groups in total. The summed E-state index contributed by atoms with van der Waals surface area (Å²) in [5, 5.41) is 15.4. The SMILES string of the molecule is CCN1CCN(C2CC3(CCN(c4ccc(C(=O)NSc5ccc(NC)c([N+](=O)[O-])c5)c(Oc5cnc6[nH]ccc6c5)c4)CC3)C2)C(c2ccccc2C(C)C)C1. The van der Waals surface area contributed by atoms with E-state index in [2.05, 4.69) is 79.7 Å². The predicted octanol–water partition coefficient (Wildman–Crippen LogP) is 8.99. The van der Waals surface area contributed by atoms with Gasteiger partial charge in [-0.15, -0.1) is 0 Å². The van der Waals surface area contributed by atoms with E-state index in [0.29, 0.717) is 51.1 Å². The van der Waals surface area contributed by atoms with Crippen LogP contribution in [-0.4, -0.2) is 83.0 Å². The third kappa shape index (κ3) is 8.05. The molecule has 1 unspecified atom stereocenters. The highest BCUT2D eigenvalue weighted by Crippen LogP contribution is 2.53. The fourth-order valence-corrected chi connectivity index (χ4v) is 9.82. The maximum absolute atomic E-state index is 13.7. The second kappa shape index (κ2) is 16.4. The van der Waals surface area contributed by atoms with E-state index in [4.69, 9.17) is 4.74 Å². The number of amides is 1. The number of hydrogen-bond donors (Lipinski definition) is 3. The van der Waals surface area contributed by atoms with E-state index in [9.17, 15) is 14.9 Å². The molecular weight excluding hydrogens is 737 g/mol. The number of nitrogens with zero attached hydrogens (tertiary/aromatic N) is 5. The van der Waals surface area contributed by atoms with Crippen LogP contribution in [0.5, 0.6) is 11.5 Å². The van der Waals surface area contributed by atoms with Crippen LogP contribution < -0.4 is 19.7 Å². The normalized spacial score (nSPS) is 18.8. The Bertz CT molecular complexity index is 2240. The summed E-state index contributed by atoms with van der Waals surface area (Å²) in [7, 11) is 1.63. The van der Waals surface area contributed by atoms with Gasteiger partial charge in [0, 0.05) is 86.2 Å². The fourth-order valence-electron chi connectivity index (χ4n) is 9.20. The monoisotopic (exact) mass is 788 g/mol. The average molecular weight is 789 g/mol. The first-order chi connectivity index (χ1) is 27.6. The van der Waals surface area contributed by atoms with E-state index in [1.165, 1.54) is 30.0 Å². The number of rotatable bonds is 12. The van der Waals surface area contributed by atoms with Gasteiger partial charge in [-0.3, -0.25) is 24.5 Å². The Morgan fingerprint density at radius 2 is 1.86 bits per heavy atom. The first kappa shape index (κ1) is 38.7. The van der Waals surface area contributed by atoms with Crippen LogP contribution >= 0.6 is 11.9 Å². The third-order valence-electron chi connectivity index (χ3n) is 12.4. The van der Waals surface area contributed by atoms with Crippen molar-refractivity contribution >= 4 is 46.0 Å². The van der Waals surface area contributed by atoms with E-state index in [1.807, 2.05) is 36.5 Å². The number of H-pyrrole nitrogens is 1. The first-order valence-electron chi connectivity index (χ1n) is 20.1. The van der Waals surface area contributed by atoms with Crippen molar-refractivity contribution in [3.8, 4) is 11.5 Å². The largest absolute Gasteiger partial charge is 0.455 e. The zero-order valence-electron chi connectivity index (χ0n) is 33.2. The summed E-state index contributed by atoms with van der Waals surface area (Å²) >= 11 is 1.03. The van der Waals surface area contributed by atoms with Crippen LogP contribution in [-0.2, 0) is 0 Å². The number of nitro groups is 1. The molecule has 0 radical (unpaired) electrons. The highest BCUT2D eigenvalue weighted by molar-refractivity contribution is 7.98. The number of benzene rings is 3. The molecule has 3 aromatic carbocycles. The molecule has 298 valence electrons. The molecule has 12 nitrogen and oxygen atoms in total. The van der Waals surface area contributed by atoms with Crippen LogP contribution in [0.2, 0.25) is 0 Å². The van der Waals surface area contributed by atoms with Gasteiger partial charge in [-0.1, -0.05) is 45.0 Å². The molecule has 3 fully saturated rings. The van der Waals surface area contributed by atoms with Gasteiger partial charge in [0.15, 0.2) is 0 Å². The number of aromatic amines is 1. The zero-order chi connectivity index (χ0) is 39.7. The summed E-state index contributed by atoms with van der Waals surface area (Å²) in [6.45, 7) is 13.2. The third-order valence-corrected chi connectivity index (χ3v) is 13.2. The van der Waals surface area contributed by atoms with Crippen molar-refractivity contribution in [2.24, 2.45) is 5.41 Å². The summed E-state index contributed by atoms with van der Waals surface area (Å²) in [6.07, 6.45) is 8.23. The number of piperazine rings is 1. The van der Waals surface area contributed by atoms with Gasteiger partial charge in [-0.05, 0) is 103 Å². The number of fused-ring (bicyclic) bond motifs is 1. The first-order valence-corrected chi connectivity index (χ1v) is 21.0. The van der Waals surface area contributed by atoms with Crippen molar-refractivity contribution in [1.82, 2.24) is 24.5 Å². The Balaban J connectivity index is 0.968. The van der Waals surface area contributed by atoms with Gasteiger partial charge in [0.05, 0.1) is 16.7 Å². The van der Waals surface area contributed by atoms with Crippen molar-refractivity contribution in [2.45, 2.75) is 69.4 Å².